The van der Waals surface area contributed by atoms with Crippen LogP contribution in [0.5, 0.6) is 0 Å². The molecule has 0 spiro atoms. The Bertz CT molecular complexity index is 2180. The molecule has 3 aliphatic rings. The number of nitrogen functional groups attached to an aromatic ring is 2. The lowest BCUT2D eigenvalue weighted by molar-refractivity contribution is -0.0592. The molecule has 13 N–H and O–H groups in total. The van der Waals surface area contributed by atoms with Crippen LogP contribution < -0.4 is 32.4 Å². The van der Waals surface area contributed by atoms with Crippen molar-refractivity contribution in [1.82, 2.24) is 29.5 Å². The molecule has 324 valence electrons. The topological polar surface area (TPSA) is 417 Å². The van der Waals surface area contributed by atoms with Gasteiger partial charge in [0.2, 0.25) is 11.9 Å². The SMILES string of the molecule is CO[C@@H]1[C@H](O)[C@@H](COP(=O)(O)OCC(COP(=O)(O)OC[C@H]2O[C@@H](N3CN(C)c4c3nc(N)[nH]c4=O)[C@H](O)[C@@H]2O)O[P+](O)(O)F)O[C@H]1n1cnc2c(=O)[nH]c(N)nc21. The first kappa shape index (κ1) is 44.2. The van der Waals surface area contributed by atoms with Gasteiger partial charge in [0.1, 0.15) is 42.3 Å². The number of phosphoric acid groups is 2. The van der Waals surface area contributed by atoms with Gasteiger partial charge < -0.3 is 60.6 Å². The highest BCUT2D eigenvalue weighted by Crippen LogP contribution is 2.55. The number of halogens is 1. The molecule has 0 radical (unpaired) electrons. The average molecular weight is 896 g/mol. The number of methoxy groups -OCH3 is 1. The van der Waals surface area contributed by atoms with E-state index < -0.39 is 117 Å². The second-order valence-corrected chi connectivity index (χ2v) is 16.9. The number of nitrogens with two attached hydrogens (primary N) is 2. The molecule has 29 nitrogen and oxygen atoms in total. The number of nitrogens with one attached hydrogen (secondary N) is 2. The summed E-state index contributed by atoms with van der Waals surface area (Å²) in [6.07, 6.45) is -12.5. The monoisotopic (exact) mass is 895 g/mol. The van der Waals surface area contributed by atoms with Crippen LogP contribution in [0.4, 0.5) is 27.6 Å². The Balaban J connectivity index is 1.02. The molecule has 58 heavy (non-hydrogen) atoms. The number of phosphoric ester groups is 2. The molecule has 0 bridgehead atoms. The van der Waals surface area contributed by atoms with Gasteiger partial charge in [-0.2, -0.15) is 19.8 Å². The molecule has 0 saturated carbocycles. The molecule has 11 atom stereocenters. The molecule has 6 rings (SSSR count). The smallest absolute Gasteiger partial charge is 0.387 e. The maximum absolute atomic E-state index is 13.8. The first-order valence-electron chi connectivity index (χ1n) is 16.5. The number of aromatic nitrogens is 6. The maximum atomic E-state index is 13.8. The van der Waals surface area contributed by atoms with Crippen LogP contribution in [0, 0.1) is 0 Å². The van der Waals surface area contributed by atoms with E-state index in [9.17, 15) is 57.8 Å². The van der Waals surface area contributed by atoms with E-state index in [1.807, 2.05) is 0 Å². The van der Waals surface area contributed by atoms with Gasteiger partial charge in [0.25, 0.3) is 11.1 Å². The molecule has 0 aliphatic carbocycles. The summed E-state index contributed by atoms with van der Waals surface area (Å²) in [6.45, 7) is -4.31. The molecule has 6 heterocycles. The summed E-state index contributed by atoms with van der Waals surface area (Å²) in [5.74, 6) is -0.477. The predicted octanol–water partition coefficient (Wildman–Crippen LogP) is -3.71. The third-order valence-corrected chi connectivity index (χ3v) is 11.3. The molecule has 3 unspecified atom stereocenters. The van der Waals surface area contributed by atoms with Crippen molar-refractivity contribution in [2.45, 2.75) is 55.2 Å². The lowest BCUT2D eigenvalue weighted by atomic mass is 10.1. The standard InChI is InChI=1S/C25H38FN10O19P3/c1-34-8-36(19-13(34)21(41)33-25(28)31-19)22-16(39)14(37)10(53-22)5-51-57(44,45)49-3-9(55-56(26,42)43)4-50-58(46,47)52-6-11-15(38)17(48-2)23(54-11)35-7-29-12-18(35)30-24(27)32-20(12)40/h7,9-11,14-17,22-23,37-39,42-43H,3-6,8H2,1-2H3,(H7-,27,28,30,31,32,33,40,41,44,45,46,47)/p+1/t9?,10-,11-,14-,15-,16-,17-,22-,23-/m1/s1. The van der Waals surface area contributed by atoms with Crippen molar-refractivity contribution < 1.29 is 85.0 Å². The van der Waals surface area contributed by atoms with E-state index >= 15 is 0 Å². The second-order valence-electron chi connectivity index (χ2n) is 12.8. The number of aromatic amines is 2. The fourth-order valence-corrected chi connectivity index (χ4v) is 8.27. The number of H-pyrrole nitrogens is 2. The summed E-state index contributed by atoms with van der Waals surface area (Å²) >= 11 is 0. The number of nitrogens with zero attached hydrogens (tertiary/aromatic N) is 6. The second kappa shape index (κ2) is 17.0. The summed E-state index contributed by atoms with van der Waals surface area (Å²) in [7, 11) is -13.3. The van der Waals surface area contributed by atoms with Crippen LogP contribution in [0.15, 0.2) is 15.9 Å². The van der Waals surface area contributed by atoms with E-state index in [0.29, 0.717) is 0 Å². The van der Waals surface area contributed by atoms with Crippen molar-refractivity contribution in [3.05, 3.63) is 27.0 Å². The summed E-state index contributed by atoms with van der Waals surface area (Å²) in [5, 5.41) is 32.1. The van der Waals surface area contributed by atoms with Crippen LogP contribution in [-0.4, -0.2) is 161 Å². The normalized spacial score (nSPS) is 28.9. The van der Waals surface area contributed by atoms with E-state index in [1.165, 1.54) is 28.5 Å². The van der Waals surface area contributed by atoms with Crippen molar-refractivity contribution >= 4 is 58.5 Å². The lowest BCUT2D eigenvalue weighted by Gasteiger charge is -2.27. The molecular formula is C25H39FN10O19P3+. The van der Waals surface area contributed by atoms with Gasteiger partial charge in [-0.25, -0.2) is 14.1 Å². The van der Waals surface area contributed by atoms with Crippen LogP contribution in [0.3, 0.4) is 0 Å². The van der Waals surface area contributed by atoms with Crippen LogP contribution in [-0.2, 0) is 46.0 Å². The summed E-state index contributed by atoms with van der Waals surface area (Å²) in [6, 6.07) is 0. The largest absolute Gasteiger partial charge is 0.618 e. The highest BCUT2D eigenvalue weighted by atomic mass is 31.3. The lowest BCUT2D eigenvalue weighted by Crippen LogP contribution is -2.45. The Hall–Kier alpha value is -3.35. The predicted molar refractivity (Wildman–Crippen MR) is 190 cm³/mol. The summed E-state index contributed by atoms with van der Waals surface area (Å²) < 4.78 is 80.7. The van der Waals surface area contributed by atoms with E-state index in [-0.39, 0.29) is 41.2 Å². The molecular weight excluding hydrogens is 856 g/mol. The highest BCUT2D eigenvalue weighted by molar-refractivity contribution is 7.54. The third kappa shape index (κ3) is 9.65. The first-order chi connectivity index (χ1) is 27.1. The van der Waals surface area contributed by atoms with Gasteiger partial charge in [0, 0.05) is 18.4 Å². The maximum Gasteiger partial charge on any atom is 0.618 e. The number of anilines is 4. The molecule has 0 amide bonds. The number of ether oxygens (including phenoxy) is 3. The van der Waals surface area contributed by atoms with Gasteiger partial charge >= 0.3 is 23.9 Å². The average Bonchev–Trinajstić information content (AvgIpc) is 3.86. The van der Waals surface area contributed by atoms with Gasteiger partial charge in [0.05, 0.1) is 39.4 Å². The molecule has 2 saturated heterocycles. The number of aliphatic hydroxyl groups excluding tert-OH is 3. The van der Waals surface area contributed by atoms with Crippen LogP contribution in [0.1, 0.15) is 6.23 Å². The van der Waals surface area contributed by atoms with Crippen molar-refractivity contribution in [2.24, 2.45) is 0 Å². The Kier molecular flexibility index (Phi) is 12.9. The molecule has 3 aromatic heterocycles. The molecule has 3 aliphatic heterocycles. The summed E-state index contributed by atoms with van der Waals surface area (Å²) in [5.41, 5.74) is 9.95. The van der Waals surface area contributed by atoms with Crippen molar-refractivity contribution in [3.8, 4) is 0 Å². The minimum Gasteiger partial charge on any atom is -0.387 e. The fourth-order valence-electron chi connectivity index (χ4n) is 6.24. The summed E-state index contributed by atoms with van der Waals surface area (Å²) in [4.78, 5) is 83.0. The zero-order valence-electron chi connectivity index (χ0n) is 29.9. The Morgan fingerprint density at radius 2 is 1.50 bits per heavy atom. The van der Waals surface area contributed by atoms with E-state index in [0.717, 1.165) is 6.33 Å². The highest BCUT2D eigenvalue weighted by Gasteiger charge is 2.50. The van der Waals surface area contributed by atoms with Gasteiger partial charge in [0.15, 0.2) is 35.5 Å². The number of rotatable bonds is 17. The number of hydrogen-bond acceptors (Lipinski definition) is 24. The first-order valence-corrected chi connectivity index (χ1v) is 21.0. The van der Waals surface area contributed by atoms with E-state index in [4.69, 9.17) is 43.8 Å². The number of hydrogen-bond donors (Lipinski definition) is 11. The minimum absolute atomic E-state index is 0.0180. The van der Waals surface area contributed by atoms with Gasteiger partial charge in [-0.3, -0.25) is 42.2 Å². The van der Waals surface area contributed by atoms with Crippen LogP contribution in [0.25, 0.3) is 11.2 Å². The van der Waals surface area contributed by atoms with Gasteiger partial charge in [-0.05, 0) is 0 Å². The Labute approximate surface area is 323 Å². The Morgan fingerprint density at radius 1 is 0.931 bits per heavy atom. The molecule has 3 aromatic rings. The van der Waals surface area contributed by atoms with Crippen LogP contribution in [0.2, 0.25) is 0 Å². The number of fused-ring (bicyclic) bond motifs is 2. The Morgan fingerprint density at radius 3 is 2.10 bits per heavy atom. The van der Waals surface area contributed by atoms with Crippen molar-refractivity contribution in [1.29, 1.82) is 0 Å². The van der Waals surface area contributed by atoms with Crippen molar-refractivity contribution in [3.63, 3.8) is 0 Å². The minimum atomic E-state index is -5.66. The molecule has 0 aromatic carbocycles. The number of imidazole rings is 1. The van der Waals surface area contributed by atoms with Gasteiger partial charge in [-0.1, -0.05) is 0 Å². The third-order valence-electron chi connectivity index (χ3n) is 8.80. The molecule has 2 fully saturated rings. The fraction of sp³-hybridized carbons (Fsp3) is 0.640. The quantitative estimate of drug-likeness (QED) is 0.0581. The molecule has 33 heteroatoms. The van der Waals surface area contributed by atoms with Gasteiger partial charge in [-0.15, -0.1) is 4.52 Å². The zero-order valence-corrected chi connectivity index (χ0v) is 32.6. The zero-order chi connectivity index (χ0) is 42.5. The van der Waals surface area contributed by atoms with E-state index in [2.05, 4.69) is 29.4 Å². The van der Waals surface area contributed by atoms with Crippen molar-refractivity contribution in [2.75, 3.05) is 68.5 Å². The van der Waals surface area contributed by atoms with Crippen LogP contribution >= 0.6 is 23.9 Å². The van der Waals surface area contributed by atoms with E-state index in [1.54, 1.807) is 0 Å². The number of aliphatic hydroxyl groups is 3.